The van der Waals surface area contributed by atoms with Gasteiger partial charge >= 0.3 is 0 Å². The zero-order valence-electron chi connectivity index (χ0n) is 41.0. The monoisotopic (exact) mass is 1040 g/mol. The van der Waals surface area contributed by atoms with Crippen molar-refractivity contribution in [2.24, 2.45) is 10.9 Å². The van der Waals surface area contributed by atoms with E-state index in [-0.39, 0.29) is 47.1 Å². The Balaban J connectivity index is 0.897. The lowest BCUT2D eigenvalue weighted by Crippen LogP contribution is -2.68. The van der Waals surface area contributed by atoms with Gasteiger partial charge in [-0.05, 0) is 123 Å². The van der Waals surface area contributed by atoms with Gasteiger partial charge in [-0.1, -0.05) is 67.4 Å². The number of nitrogens with one attached hydrogen (secondary N) is 2. The van der Waals surface area contributed by atoms with Gasteiger partial charge in [-0.25, -0.2) is 8.42 Å². The molecule has 18 heteroatoms. The quantitative estimate of drug-likeness (QED) is 0.0495. The number of hydrogen-bond acceptors (Lipinski definition) is 14. The van der Waals surface area contributed by atoms with Crippen LogP contribution in [0.4, 0.5) is 17.1 Å². The number of imide groups is 1. The van der Waals surface area contributed by atoms with Crippen LogP contribution < -0.4 is 25.0 Å². The van der Waals surface area contributed by atoms with E-state index in [2.05, 4.69) is 33.3 Å². The summed E-state index contributed by atoms with van der Waals surface area (Å²) in [6.07, 6.45) is 7.72. The lowest BCUT2D eigenvalue weighted by Gasteiger charge is -2.59. The molecule has 0 radical (unpaired) electrons. The molecule has 1 saturated carbocycles. The first-order chi connectivity index (χ1) is 34.7. The molecule has 9 rings (SSSR count). The standard InChI is InChI=1S/C54H61ClN6O9S2/c1-6-9-46(53(66)57-32-65)59(5)45-18-16-40(41-13-8-11-37(29-63)49(41)45)35-20-22-60(23-21-35)33-70-47-19-14-34(26-44(47)56-4)31-72(67,68)61-39-15-17-42(54(61,2)3)43(28-39)58-38-12-7-10-36(27-38)52-50(55)51(69-25-24-62)48(30-64)71-52/h7-8,10-14,16,18-19,24,26-27,29-30,32,35,39,42-43,46,58H,4,6,9,15,17,20-23,25,28,31,33H2,1-3,5H3,(H,57,65,66). The van der Waals surface area contributed by atoms with Gasteiger partial charge in [0.2, 0.25) is 22.3 Å². The summed E-state index contributed by atoms with van der Waals surface area (Å²) in [5.41, 5.74) is 4.41. The van der Waals surface area contributed by atoms with Crippen LogP contribution >= 0.6 is 22.9 Å². The second kappa shape index (κ2) is 22.4. The highest BCUT2D eigenvalue weighted by molar-refractivity contribution is 7.88. The summed E-state index contributed by atoms with van der Waals surface area (Å²) < 4.78 is 42.5. The molecule has 0 spiro atoms. The van der Waals surface area contributed by atoms with E-state index in [9.17, 15) is 32.4 Å². The molecule has 72 heavy (non-hydrogen) atoms. The number of thiophene rings is 1. The fourth-order valence-electron chi connectivity index (χ4n) is 11.5. The van der Waals surface area contributed by atoms with Crippen LogP contribution in [0, 0.1) is 5.92 Å². The molecule has 4 aromatic carbocycles. The predicted molar refractivity (Wildman–Crippen MR) is 284 cm³/mol. The summed E-state index contributed by atoms with van der Waals surface area (Å²) >= 11 is 7.85. The van der Waals surface area contributed by atoms with E-state index in [1.807, 2.05) is 75.2 Å². The second-order valence-corrected chi connectivity index (χ2v) is 22.7. The van der Waals surface area contributed by atoms with Crippen molar-refractivity contribution in [1.29, 1.82) is 0 Å². The van der Waals surface area contributed by atoms with Gasteiger partial charge in [0.1, 0.15) is 40.7 Å². The van der Waals surface area contributed by atoms with Crippen molar-refractivity contribution in [2.75, 3.05) is 43.7 Å². The first-order valence-corrected chi connectivity index (χ1v) is 27.1. The van der Waals surface area contributed by atoms with Gasteiger partial charge in [-0.2, -0.15) is 4.31 Å². The van der Waals surface area contributed by atoms with Crippen LogP contribution in [0.5, 0.6) is 11.5 Å². The zero-order chi connectivity index (χ0) is 51.3. The number of carbonyl (C=O) groups is 5. The summed E-state index contributed by atoms with van der Waals surface area (Å²) in [6.45, 7) is 11.4. The highest BCUT2D eigenvalue weighted by Gasteiger charge is 2.56. The Hall–Kier alpha value is -5.98. The van der Waals surface area contributed by atoms with Crippen LogP contribution in [0.1, 0.15) is 103 Å². The number of likely N-dealkylation sites (N-methyl/N-ethyl adjacent to an activating group) is 1. The molecule has 380 valence electrons. The number of aliphatic imine (C=N–C) groups is 1. The molecule has 5 aromatic rings. The molecule has 1 aliphatic carbocycles. The van der Waals surface area contributed by atoms with Crippen molar-refractivity contribution in [3.63, 3.8) is 0 Å². The molecule has 3 aliphatic heterocycles. The number of anilines is 2. The van der Waals surface area contributed by atoms with Crippen molar-refractivity contribution in [3.05, 3.63) is 99.4 Å². The Morgan fingerprint density at radius 2 is 1.78 bits per heavy atom. The summed E-state index contributed by atoms with van der Waals surface area (Å²) in [7, 11) is -1.97. The maximum atomic E-state index is 14.5. The van der Waals surface area contributed by atoms with E-state index >= 15 is 0 Å². The first kappa shape index (κ1) is 52.3. The predicted octanol–water partition coefficient (Wildman–Crippen LogP) is 9.42. The van der Waals surface area contributed by atoms with Crippen LogP contribution in [0.3, 0.4) is 0 Å². The fourth-order valence-corrected chi connectivity index (χ4v) is 15.1. The molecule has 4 atom stereocenters. The van der Waals surface area contributed by atoms with Crippen molar-refractivity contribution in [2.45, 2.75) is 101 Å². The number of ether oxygens (including phenoxy) is 2. The lowest BCUT2D eigenvalue weighted by molar-refractivity contribution is -0.126. The maximum Gasteiger partial charge on any atom is 0.249 e. The van der Waals surface area contributed by atoms with Crippen molar-refractivity contribution in [3.8, 4) is 21.9 Å². The Morgan fingerprint density at radius 1 is 1.00 bits per heavy atom. The minimum absolute atomic E-state index is 0.00203. The van der Waals surface area contributed by atoms with Crippen molar-refractivity contribution < 1.29 is 41.9 Å². The molecular weight excluding hydrogens is 976 g/mol. The summed E-state index contributed by atoms with van der Waals surface area (Å²) in [6, 6.07) is 22.0. The number of likely N-dealkylation sites (tertiary alicyclic amines) is 1. The molecule has 15 nitrogen and oxygen atoms in total. The average Bonchev–Trinajstić information content (AvgIpc) is 3.70. The zero-order valence-corrected chi connectivity index (χ0v) is 43.4. The third-order valence-electron chi connectivity index (χ3n) is 14.7. The highest BCUT2D eigenvalue weighted by Crippen LogP contribution is 2.50. The van der Waals surface area contributed by atoms with Gasteiger partial charge < -0.3 is 19.7 Å². The third-order valence-corrected chi connectivity index (χ3v) is 18.4. The van der Waals surface area contributed by atoms with Crippen molar-refractivity contribution in [1.82, 2.24) is 14.5 Å². The number of halogens is 1. The SMILES string of the molecule is C=Nc1cc(CS(=O)(=O)N2C3CCC(C(Nc4cccc(-c5sc(C=O)c(OCC=O)c5Cl)c4)C3)C2(C)C)ccc1OCN1CCC(c2ccc(N(C)C(CCC)C(=O)NC=O)c3c(C=O)cccc23)CC1. The molecule has 4 unspecified atom stereocenters. The van der Waals surface area contributed by atoms with E-state index in [4.69, 9.17) is 21.1 Å². The Morgan fingerprint density at radius 3 is 2.47 bits per heavy atom. The Kier molecular flexibility index (Phi) is 16.3. The van der Waals surface area contributed by atoms with E-state index in [1.54, 1.807) is 28.6 Å². The molecule has 4 heterocycles. The van der Waals surface area contributed by atoms with E-state index < -0.39 is 27.5 Å². The maximum absolute atomic E-state index is 14.5. The smallest absolute Gasteiger partial charge is 0.249 e. The third kappa shape index (κ3) is 10.6. The van der Waals surface area contributed by atoms with Crippen molar-refractivity contribution >= 4 is 98.7 Å². The normalized spacial score (nSPS) is 19.5. The van der Waals surface area contributed by atoms with Crippen LogP contribution in [0.25, 0.3) is 21.2 Å². The molecule has 4 aliphatic rings. The minimum atomic E-state index is -3.79. The van der Waals surface area contributed by atoms with Gasteiger partial charge in [0.25, 0.3) is 0 Å². The number of carbonyl (C=O) groups excluding carboxylic acids is 5. The van der Waals surface area contributed by atoms with E-state index in [0.29, 0.717) is 70.9 Å². The topological polar surface area (TPSA) is 184 Å². The average molecular weight is 1040 g/mol. The summed E-state index contributed by atoms with van der Waals surface area (Å²) in [4.78, 5) is 68.5. The number of nitrogens with zero attached hydrogens (tertiary/aromatic N) is 4. The Labute approximate surface area is 429 Å². The number of benzene rings is 4. The Bertz CT molecular complexity index is 2970. The summed E-state index contributed by atoms with van der Waals surface area (Å²) in [5.74, 6) is 0.336. The van der Waals surface area contributed by atoms with Gasteiger partial charge in [0.05, 0.1) is 10.6 Å². The van der Waals surface area contributed by atoms with Gasteiger partial charge in [0, 0.05) is 60.1 Å². The van der Waals surface area contributed by atoms with Gasteiger partial charge in [-0.15, -0.1) is 11.3 Å². The largest absolute Gasteiger partial charge is 0.483 e. The molecule has 2 amide bonds. The van der Waals surface area contributed by atoms with Crippen LogP contribution in [-0.4, -0.2) is 113 Å². The fraction of sp³-hybridized carbons (Fsp3) is 0.407. The highest BCUT2D eigenvalue weighted by atomic mass is 35.5. The van der Waals surface area contributed by atoms with E-state index in [0.717, 1.165) is 84.8 Å². The van der Waals surface area contributed by atoms with Crippen LogP contribution in [0.15, 0.2) is 77.8 Å². The van der Waals surface area contributed by atoms with Gasteiger partial charge in [-0.3, -0.25) is 39.2 Å². The molecule has 3 saturated heterocycles. The number of piperidine rings is 3. The molecule has 2 N–H and O–H groups in total. The summed E-state index contributed by atoms with van der Waals surface area (Å²) in [5, 5.41) is 8.03. The van der Waals surface area contributed by atoms with Gasteiger partial charge in [0.15, 0.2) is 24.6 Å². The number of sulfonamides is 1. The number of hydrogen-bond donors (Lipinski definition) is 2. The molecule has 1 aromatic heterocycles. The molecule has 2 bridgehead atoms. The van der Waals surface area contributed by atoms with Crippen LogP contribution in [-0.2, 0) is 30.2 Å². The number of amides is 2. The first-order valence-electron chi connectivity index (χ1n) is 24.3. The molecule has 4 fully saturated rings. The lowest BCUT2D eigenvalue weighted by atomic mass is 9.66. The minimum Gasteiger partial charge on any atom is -0.483 e. The second-order valence-electron chi connectivity index (χ2n) is 19.4. The van der Waals surface area contributed by atoms with Crippen LogP contribution in [0.2, 0.25) is 5.02 Å². The van der Waals surface area contributed by atoms with E-state index in [1.165, 1.54) is 11.3 Å². The number of fused-ring (bicyclic) bond motifs is 4. The number of rotatable bonds is 22. The molecular formula is C54H61ClN6O9S2. The number of aldehydes is 3.